The SMILES string of the molecule is COCCCNC(=O)/C(C#N)=C/c1ccc([N+](=O)[O-])o1. The van der Waals surface area contributed by atoms with Crippen molar-refractivity contribution in [2.45, 2.75) is 6.42 Å². The van der Waals surface area contributed by atoms with Crippen LogP contribution in [0.2, 0.25) is 0 Å². The minimum absolute atomic E-state index is 0.0697. The first-order chi connectivity index (χ1) is 9.58. The van der Waals surface area contributed by atoms with Crippen LogP contribution >= 0.6 is 0 Å². The Hall–Kier alpha value is -2.66. The first-order valence-corrected chi connectivity index (χ1v) is 5.71. The van der Waals surface area contributed by atoms with E-state index in [1.807, 2.05) is 0 Å². The standard InChI is InChI=1S/C12H13N3O5/c1-19-6-2-5-14-12(16)9(8-13)7-10-3-4-11(20-10)15(17)18/h3-4,7H,2,5-6H2,1H3,(H,14,16)/b9-7+. The number of nitrogens with zero attached hydrogens (tertiary/aromatic N) is 2. The van der Waals surface area contributed by atoms with Crippen LogP contribution in [0.5, 0.6) is 0 Å². The molecule has 106 valence electrons. The van der Waals surface area contributed by atoms with Crippen LogP contribution < -0.4 is 5.32 Å². The van der Waals surface area contributed by atoms with Crippen molar-refractivity contribution in [2.75, 3.05) is 20.3 Å². The van der Waals surface area contributed by atoms with Crippen molar-refractivity contribution in [3.63, 3.8) is 0 Å². The van der Waals surface area contributed by atoms with Gasteiger partial charge in [-0.25, -0.2) is 0 Å². The van der Waals surface area contributed by atoms with Gasteiger partial charge in [0.25, 0.3) is 5.91 Å². The van der Waals surface area contributed by atoms with Crippen LogP contribution in [0.4, 0.5) is 5.88 Å². The van der Waals surface area contributed by atoms with Crippen LogP contribution in [0.1, 0.15) is 12.2 Å². The molecule has 0 fully saturated rings. The molecule has 0 aliphatic rings. The van der Waals surface area contributed by atoms with Crippen LogP contribution in [0.25, 0.3) is 6.08 Å². The maximum absolute atomic E-state index is 11.7. The van der Waals surface area contributed by atoms with Crippen molar-refractivity contribution in [2.24, 2.45) is 0 Å². The normalized spacial score (nSPS) is 10.9. The molecule has 0 aliphatic carbocycles. The monoisotopic (exact) mass is 279 g/mol. The van der Waals surface area contributed by atoms with Gasteiger partial charge in [-0.1, -0.05) is 0 Å². The average molecular weight is 279 g/mol. The first kappa shape index (κ1) is 15.4. The number of hydrogen-bond donors (Lipinski definition) is 1. The molecule has 0 saturated heterocycles. The van der Waals surface area contributed by atoms with E-state index in [0.717, 1.165) is 12.1 Å². The Morgan fingerprint density at radius 3 is 2.95 bits per heavy atom. The number of amides is 1. The highest BCUT2D eigenvalue weighted by Crippen LogP contribution is 2.17. The maximum atomic E-state index is 11.7. The molecular formula is C12H13N3O5. The number of carbonyl (C=O) groups is 1. The van der Waals surface area contributed by atoms with E-state index >= 15 is 0 Å². The van der Waals surface area contributed by atoms with E-state index in [-0.39, 0.29) is 11.3 Å². The number of carbonyl (C=O) groups excluding carboxylic acids is 1. The zero-order valence-electron chi connectivity index (χ0n) is 10.8. The molecule has 1 heterocycles. The number of furan rings is 1. The van der Waals surface area contributed by atoms with Crippen molar-refractivity contribution in [1.29, 1.82) is 5.26 Å². The Morgan fingerprint density at radius 1 is 1.65 bits per heavy atom. The van der Waals surface area contributed by atoms with Gasteiger partial charge in [0.2, 0.25) is 0 Å². The maximum Gasteiger partial charge on any atom is 0.433 e. The quantitative estimate of drug-likeness (QED) is 0.264. The van der Waals surface area contributed by atoms with Gasteiger partial charge in [-0.15, -0.1) is 0 Å². The Labute approximate surface area is 114 Å². The summed E-state index contributed by atoms with van der Waals surface area (Å²) < 4.78 is 9.67. The van der Waals surface area contributed by atoms with Gasteiger partial charge in [0.1, 0.15) is 22.3 Å². The zero-order chi connectivity index (χ0) is 15.0. The molecule has 1 amide bonds. The Kier molecular flexibility index (Phi) is 5.93. The highest BCUT2D eigenvalue weighted by molar-refractivity contribution is 6.01. The Balaban J connectivity index is 2.68. The van der Waals surface area contributed by atoms with Gasteiger partial charge >= 0.3 is 5.88 Å². The molecule has 0 unspecified atom stereocenters. The van der Waals surface area contributed by atoms with E-state index in [1.54, 1.807) is 13.2 Å². The van der Waals surface area contributed by atoms with Gasteiger partial charge < -0.3 is 14.5 Å². The summed E-state index contributed by atoms with van der Waals surface area (Å²) in [4.78, 5) is 21.4. The Bertz CT molecular complexity index is 556. The molecule has 1 aromatic rings. The lowest BCUT2D eigenvalue weighted by molar-refractivity contribution is -0.402. The van der Waals surface area contributed by atoms with Gasteiger partial charge in [0, 0.05) is 26.3 Å². The molecule has 0 atom stereocenters. The minimum Gasteiger partial charge on any atom is -0.401 e. The molecular weight excluding hydrogens is 266 g/mol. The van der Waals surface area contributed by atoms with E-state index in [9.17, 15) is 14.9 Å². The molecule has 0 bridgehead atoms. The highest BCUT2D eigenvalue weighted by Gasteiger charge is 2.13. The zero-order valence-corrected chi connectivity index (χ0v) is 10.8. The van der Waals surface area contributed by atoms with Gasteiger partial charge in [0.05, 0.1) is 6.07 Å². The highest BCUT2D eigenvalue weighted by atomic mass is 16.6. The fourth-order valence-electron chi connectivity index (χ4n) is 1.32. The van der Waals surface area contributed by atoms with Gasteiger partial charge in [-0.3, -0.25) is 14.9 Å². The molecule has 0 saturated carbocycles. The molecule has 0 spiro atoms. The second-order valence-electron chi connectivity index (χ2n) is 3.71. The topological polar surface area (TPSA) is 118 Å². The van der Waals surface area contributed by atoms with Crippen molar-refractivity contribution in [3.8, 4) is 6.07 Å². The van der Waals surface area contributed by atoms with Crippen LogP contribution in [0.3, 0.4) is 0 Å². The number of rotatable bonds is 7. The molecule has 0 radical (unpaired) electrons. The number of nitrogens with one attached hydrogen (secondary N) is 1. The summed E-state index contributed by atoms with van der Waals surface area (Å²) in [5, 5.41) is 21.9. The second kappa shape index (κ2) is 7.70. The number of ether oxygens (including phenoxy) is 1. The number of nitriles is 1. The Morgan fingerprint density at radius 2 is 2.40 bits per heavy atom. The van der Waals surface area contributed by atoms with Crippen molar-refractivity contribution < 1.29 is 18.9 Å². The average Bonchev–Trinajstić information content (AvgIpc) is 2.89. The van der Waals surface area contributed by atoms with E-state index < -0.39 is 16.7 Å². The largest absolute Gasteiger partial charge is 0.433 e. The fourth-order valence-corrected chi connectivity index (χ4v) is 1.32. The third-order valence-corrected chi connectivity index (χ3v) is 2.26. The lowest BCUT2D eigenvalue weighted by atomic mass is 10.2. The lowest BCUT2D eigenvalue weighted by Gasteiger charge is -2.02. The second-order valence-corrected chi connectivity index (χ2v) is 3.71. The van der Waals surface area contributed by atoms with Crippen LogP contribution in [0.15, 0.2) is 22.1 Å². The van der Waals surface area contributed by atoms with Crippen molar-refractivity contribution >= 4 is 17.9 Å². The summed E-state index contributed by atoms with van der Waals surface area (Å²) in [6.45, 7) is 0.861. The molecule has 8 heteroatoms. The van der Waals surface area contributed by atoms with Crippen molar-refractivity contribution in [1.82, 2.24) is 5.32 Å². The van der Waals surface area contributed by atoms with Gasteiger partial charge in [-0.2, -0.15) is 5.26 Å². The van der Waals surface area contributed by atoms with Gasteiger partial charge in [0.15, 0.2) is 0 Å². The molecule has 0 aliphatic heterocycles. The van der Waals surface area contributed by atoms with Gasteiger partial charge in [-0.05, 0) is 12.5 Å². The molecule has 1 rings (SSSR count). The smallest absolute Gasteiger partial charge is 0.401 e. The third-order valence-electron chi connectivity index (χ3n) is 2.26. The van der Waals surface area contributed by atoms with Crippen molar-refractivity contribution in [3.05, 3.63) is 33.6 Å². The summed E-state index contributed by atoms with van der Waals surface area (Å²) in [6, 6.07) is 4.18. The predicted octanol–water partition coefficient (Wildman–Crippen LogP) is 1.25. The first-order valence-electron chi connectivity index (χ1n) is 5.71. The van der Waals surface area contributed by atoms with Crippen LogP contribution in [0, 0.1) is 21.4 Å². The predicted molar refractivity (Wildman–Crippen MR) is 68.5 cm³/mol. The number of methoxy groups -OCH3 is 1. The fraction of sp³-hybridized carbons (Fsp3) is 0.333. The van der Waals surface area contributed by atoms with Crippen LogP contribution in [-0.2, 0) is 9.53 Å². The summed E-state index contributed by atoms with van der Waals surface area (Å²) in [6.07, 6.45) is 1.77. The molecule has 1 aromatic heterocycles. The summed E-state index contributed by atoms with van der Waals surface area (Å²) in [7, 11) is 1.55. The summed E-state index contributed by atoms with van der Waals surface area (Å²) in [5.74, 6) is -0.947. The van der Waals surface area contributed by atoms with Crippen LogP contribution in [-0.4, -0.2) is 31.1 Å². The summed E-state index contributed by atoms with van der Waals surface area (Å²) >= 11 is 0. The molecule has 0 aromatic carbocycles. The van der Waals surface area contributed by atoms with E-state index in [4.69, 9.17) is 14.4 Å². The summed E-state index contributed by atoms with van der Waals surface area (Å²) in [5.41, 5.74) is -0.188. The molecule has 20 heavy (non-hydrogen) atoms. The van der Waals surface area contributed by atoms with E-state index in [1.165, 1.54) is 6.07 Å². The number of nitro groups is 1. The van der Waals surface area contributed by atoms with E-state index in [0.29, 0.717) is 19.6 Å². The minimum atomic E-state index is -0.700. The molecule has 1 N–H and O–H groups in total. The number of hydrogen-bond acceptors (Lipinski definition) is 6. The lowest BCUT2D eigenvalue weighted by Crippen LogP contribution is -2.26. The van der Waals surface area contributed by atoms with E-state index in [2.05, 4.69) is 5.32 Å². The third kappa shape index (κ3) is 4.55. The molecule has 8 nitrogen and oxygen atoms in total.